The van der Waals surface area contributed by atoms with Gasteiger partial charge in [0.15, 0.2) is 0 Å². The van der Waals surface area contributed by atoms with Crippen molar-refractivity contribution in [2.75, 3.05) is 6.61 Å². The highest BCUT2D eigenvalue weighted by atomic mass is 19.4. The normalized spacial score (nSPS) is 38.7. The molecule has 1 heterocycles. The molecule has 18 heavy (non-hydrogen) atoms. The van der Waals surface area contributed by atoms with Gasteiger partial charge in [0, 0.05) is 18.7 Å². The highest BCUT2D eigenvalue weighted by Gasteiger charge is 2.45. The van der Waals surface area contributed by atoms with Gasteiger partial charge in [-0.3, -0.25) is 0 Å². The molecule has 0 spiro atoms. The van der Waals surface area contributed by atoms with Crippen LogP contribution in [0.1, 0.15) is 45.4 Å². The summed E-state index contributed by atoms with van der Waals surface area (Å²) in [7, 11) is 0. The van der Waals surface area contributed by atoms with Crippen LogP contribution in [0.15, 0.2) is 0 Å². The number of alkyl halides is 3. The Labute approximate surface area is 106 Å². The van der Waals surface area contributed by atoms with Crippen molar-refractivity contribution in [2.45, 2.75) is 69.8 Å². The third-order valence-corrected chi connectivity index (χ3v) is 4.12. The standard InChI is InChI=1S/C13H22F3NO/c1-9-8-10(6-7-18-9)17-12-5-3-2-4-11(12)13(14,15)16/h9-12,17H,2-8H2,1H3. The summed E-state index contributed by atoms with van der Waals surface area (Å²) in [5.41, 5.74) is 0. The SMILES string of the molecule is CC1CC(NC2CCCCC2C(F)(F)F)CCO1. The fourth-order valence-corrected chi connectivity index (χ4v) is 3.17. The van der Waals surface area contributed by atoms with E-state index in [1.54, 1.807) is 0 Å². The molecule has 2 fully saturated rings. The molecule has 5 heteroatoms. The van der Waals surface area contributed by atoms with Gasteiger partial charge in [0.1, 0.15) is 0 Å². The van der Waals surface area contributed by atoms with E-state index < -0.39 is 18.1 Å². The third-order valence-electron chi connectivity index (χ3n) is 4.12. The van der Waals surface area contributed by atoms with E-state index in [0.29, 0.717) is 19.4 Å². The summed E-state index contributed by atoms with van der Waals surface area (Å²) >= 11 is 0. The second kappa shape index (κ2) is 5.78. The summed E-state index contributed by atoms with van der Waals surface area (Å²) in [4.78, 5) is 0. The average molecular weight is 265 g/mol. The molecule has 2 rings (SSSR count). The van der Waals surface area contributed by atoms with Crippen LogP contribution in [0.4, 0.5) is 13.2 Å². The third kappa shape index (κ3) is 3.60. The van der Waals surface area contributed by atoms with E-state index in [1.807, 2.05) is 6.92 Å². The number of nitrogens with one attached hydrogen (secondary N) is 1. The highest BCUT2D eigenvalue weighted by molar-refractivity contribution is 4.88. The van der Waals surface area contributed by atoms with E-state index in [9.17, 15) is 13.2 Å². The second-order valence-corrected chi connectivity index (χ2v) is 5.61. The minimum absolute atomic E-state index is 0.157. The molecule has 106 valence electrons. The molecule has 1 saturated heterocycles. The Bertz CT molecular complexity index is 269. The predicted octanol–water partition coefficient (Wildman–Crippen LogP) is 3.26. The van der Waals surface area contributed by atoms with E-state index >= 15 is 0 Å². The molecule has 0 aromatic rings. The number of halogens is 3. The van der Waals surface area contributed by atoms with E-state index in [2.05, 4.69) is 5.32 Å². The van der Waals surface area contributed by atoms with Crippen molar-refractivity contribution in [3.8, 4) is 0 Å². The van der Waals surface area contributed by atoms with Crippen LogP contribution in [0, 0.1) is 5.92 Å². The quantitative estimate of drug-likeness (QED) is 0.827. The lowest BCUT2D eigenvalue weighted by molar-refractivity contribution is -0.190. The summed E-state index contributed by atoms with van der Waals surface area (Å²) in [5, 5.41) is 3.24. The Kier molecular flexibility index (Phi) is 4.54. The molecule has 4 atom stereocenters. The zero-order chi connectivity index (χ0) is 13.2. The van der Waals surface area contributed by atoms with Crippen molar-refractivity contribution in [2.24, 2.45) is 5.92 Å². The molecule has 0 bridgehead atoms. The molecular formula is C13H22F3NO. The predicted molar refractivity (Wildman–Crippen MR) is 63.4 cm³/mol. The van der Waals surface area contributed by atoms with Gasteiger partial charge in [0.05, 0.1) is 12.0 Å². The van der Waals surface area contributed by atoms with Crippen LogP contribution in [-0.4, -0.2) is 31.0 Å². The summed E-state index contributed by atoms with van der Waals surface area (Å²) < 4.78 is 44.3. The summed E-state index contributed by atoms with van der Waals surface area (Å²) in [6.07, 6.45) is 0.274. The van der Waals surface area contributed by atoms with Gasteiger partial charge in [-0.25, -0.2) is 0 Å². The molecule has 0 aromatic carbocycles. The molecule has 2 nitrogen and oxygen atoms in total. The van der Waals surface area contributed by atoms with Crippen molar-refractivity contribution in [3.05, 3.63) is 0 Å². The minimum Gasteiger partial charge on any atom is -0.378 e. The first-order valence-electron chi connectivity index (χ1n) is 6.91. The van der Waals surface area contributed by atoms with Gasteiger partial charge in [-0.15, -0.1) is 0 Å². The van der Waals surface area contributed by atoms with Crippen LogP contribution >= 0.6 is 0 Å². The van der Waals surface area contributed by atoms with Crippen LogP contribution in [0.5, 0.6) is 0 Å². The van der Waals surface area contributed by atoms with Gasteiger partial charge >= 0.3 is 6.18 Å². The minimum atomic E-state index is -4.06. The molecule has 1 aliphatic carbocycles. The molecule has 1 N–H and O–H groups in total. The lowest BCUT2D eigenvalue weighted by atomic mass is 9.83. The Hall–Kier alpha value is -0.290. The lowest BCUT2D eigenvalue weighted by Crippen LogP contribution is -2.51. The van der Waals surface area contributed by atoms with Gasteiger partial charge < -0.3 is 10.1 Å². The lowest BCUT2D eigenvalue weighted by Gasteiger charge is -2.38. The first kappa shape index (κ1) is 14.1. The first-order chi connectivity index (χ1) is 8.47. The molecular weight excluding hydrogens is 243 g/mol. The van der Waals surface area contributed by atoms with Gasteiger partial charge in [0.25, 0.3) is 0 Å². The number of rotatable bonds is 2. The summed E-state index contributed by atoms with van der Waals surface area (Å²) in [5.74, 6) is -1.16. The van der Waals surface area contributed by atoms with Crippen molar-refractivity contribution in [1.29, 1.82) is 0 Å². The maximum Gasteiger partial charge on any atom is 0.393 e. The van der Waals surface area contributed by atoms with Crippen molar-refractivity contribution in [1.82, 2.24) is 5.32 Å². The maximum absolute atomic E-state index is 13.0. The van der Waals surface area contributed by atoms with Gasteiger partial charge in [-0.2, -0.15) is 13.2 Å². The van der Waals surface area contributed by atoms with Crippen LogP contribution < -0.4 is 5.32 Å². The van der Waals surface area contributed by atoms with Crippen molar-refractivity contribution in [3.63, 3.8) is 0 Å². The van der Waals surface area contributed by atoms with E-state index in [4.69, 9.17) is 4.74 Å². The first-order valence-corrected chi connectivity index (χ1v) is 6.91. The van der Waals surface area contributed by atoms with Crippen LogP contribution in [-0.2, 0) is 4.74 Å². The van der Waals surface area contributed by atoms with Gasteiger partial charge in [-0.05, 0) is 32.6 Å². The molecule has 2 aliphatic rings. The van der Waals surface area contributed by atoms with Crippen molar-refractivity contribution >= 4 is 0 Å². The molecule has 1 saturated carbocycles. The van der Waals surface area contributed by atoms with Crippen LogP contribution in [0.25, 0.3) is 0 Å². The number of hydrogen-bond donors (Lipinski definition) is 1. The average Bonchev–Trinajstić information content (AvgIpc) is 2.28. The number of ether oxygens (including phenoxy) is 1. The highest BCUT2D eigenvalue weighted by Crippen LogP contribution is 2.38. The summed E-state index contributed by atoms with van der Waals surface area (Å²) in [6.45, 7) is 2.64. The van der Waals surface area contributed by atoms with Gasteiger partial charge in [-0.1, -0.05) is 12.8 Å². The largest absolute Gasteiger partial charge is 0.393 e. The van der Waals surface area contributed by atoms with E-state index in [-0.39, 0.29) is 18.6 Å². The molecule has 0 radical (unpaired) electrons. The van der Waals surface area contributed by atoms with Crippen LogP contribution in [0.2, 0.25) is 0 Å². The zero-order valence-corrected chi connectivity index (χ0v) is 10.8. The Morgan fingerprint density at radius 2 is 1.83 bits per heavy atom. The van der Waals surface area contributed by atoms with Gasteiger partial charge in [0.2, 0.25) is 0 Å². The van der Waals surface area contributed by atoms with Crippen LogP contribution in [0.3, 0.4) is 0 Å². The fraction of sp³-hybridized carbons (Fsp3) is 1.00. The van der Waals surface area contributed by atoms with Crippen molar-refractivity contribution < 1.29 is 17.9 Å². The Morgan fingerprint density at radius 3 is 2.50 bits per heavy atom. The fourth-order valence-electron chi connectivity index (χ4n) is 3.17. The molecule has 1 aliphatic heterocycles. The molecule has 4 unspecified atom stereocenters. The molecule has 0 amide bonds. The zero-order valence-electron chi connectivity index (χ0n) is 10.8. The molecule has 0 aromatic heterocycles. The number of hydrogen-bond acceptors (Lipinski definition) is 2. The Morgan fingerprint density at radius 1 is 1.11 bits per heavy atom. The smallest absolute Gasteiger partial charge is 0.378 e. The topological polar surface area (TPSA) is 21.3 Å². The van der Waals surface area contributed by atoms with E-state index in [1.165, 1.54) is 0 Å². The maximum atomic E-state index is 13.0. The second-order valence-electron chi connectivity index (χ2n) is 5.61. The monoisotopic (exact) mass is 265 g/mol. The summed E-state index contributed by atoms with van der Waals surface area (Å²) in [6, 6.07) is -0.212. The Balaban J connectivity index is 1.93. The van der Waals surface area contributed by atoms with E-state index in [0.717, 1.165) is 19.3 Å².